The van der Waals surface area contributed by atoms with E-state index in [9.17, 15) is 9.90 Å². The van der Waals surface area contributed by atoms with Crippen LogP contribution in [0.5, 0.6) is 5.75 Å². The molecule has 1 aromatic carbocycles. The number of benzene rings is 1. The summed E-state index contributed by atoms with van der Waals surface area (Å²) >= 11 is 0. The average Bonchev–Trinajstić information content (AvgIpc) is 2.37. The van der Waals surface area contributed by atoms with E-state index in [-0.39, 0.29) is 5.56 Å². The average molecular weight is 269 g/mol. The van der Waals surface area contributed by atoms with Crippen LogP contribution >= 0.6 is 0 Å². The van der Waals surface area contributed by atoms with Gasteiger partial charge >= 0.3 is 5.97 Å². The minimum atomic E-state index is -0.965. The summed E-state index contributed by atoms with van der Waals surface area (Å²) in [6, 6.07) is 9.36. The van der Waals surface area contributed by atoms with Gasteiger partial charge in [0, 0.05) is 11.1 Å². The molecule has 0 atom stereocenters. The van der Waals surface area contributed by atoms with E-state index >= 15 is 0 Å². The van der Waals surface area contributed by atoms with Gasteiger partial charge in [-0.25, -0.2) is 4.79 Å². The Bertz CT molecular complexity index is 720. The molecule has 0 bridgehead atoms. The maximum atomic E-state index is 11.3. The van der Waals surface area contributed by atoms with Crippen LogP contribution in [0.3, 0.4) is 0 Å². The Morgan fingerprint density at radius 2 is 2.00 bits per heavy atom. The molecule has 3 rings (SSSR count). The number of nitrogens with zero attached hydrogens (tertiary/aromatic N) is 1. The van der Waals surface area contributed by atoms with Gasteiger partial charge in [-0.15, -0.1) is 0 Å². The van der Waals surface area contributed by atoms with Gasteiger partial charge in [-0.2, -0.15) is 0 Å². The van der Waals surface area contributed by atoms with Crippen molar-refractivity contribution < 1.29 is 14.6 Å². The van der Waals surface area contributed by atoms with Crippen LogP contribution in [0.1, 0.15) is 35.5 Å². The van der Waals surface area contributed by atoms with Crippen LogP contribution in [-0.4, -0.2) is 16.1 Å². The minimum Gasteiger partial charge on any atom is -0.482 e. The maximum absolute atomic E-state index is 11.3. The summed E-state index contributed by atoms with van der Waals surface area (Å²) in [5, 5.41) is 9.25. The molecule has 1 aliphatic rings. The first-order chi connectivity index (χ1) is 9.40. The van der Waals surface area contributed by atoms with Crippen LogP contribution in [0.4, 0.5) is 0 Å². The zero-order chi connectivity index (χ0) is 14.5. The van der Waals surface area contributed by atoms with Crippen LogP contribution in [0.15, 0.2) is 30.3 Å². The topological polar surface area (TPSA) is 59.4 Å². The number of rotatable bonds is 1. The van der Waals surface area contributed by atoms with Crippen LogP contribution in [0.2, 0.25) is 0 Å². The van der Waals surface area contributed by atoms with E-state index in [0.29, 0.717) is 5.69 Å². The first-order valence-electron chi connectivity index (χ1n) is 6.44. The number of carboxylic acid groups (broad SMARTS) is 1. The molecule has 4 heteroatoms. The Morgan fingerprint density at radius 3 is 2.70 bits per heavy atom. The van der Waals surface area contributed by atoms with Crippen LogP contribution in [0, 0.1) is 6.92 Å². The van der Waals surface area contributed by atoms with E-state index in [0.717, 1.165) is 22.6 Å². The fourth-order valence-corrected chi connectivity index (χ4v) is 2.57. The van der Waals surface area contributed by atoms with Crippen molar-refractivity contribution in [2.45, 2.75) is 26.4 Å². The first-order valence-corrected chi connectivity index (χ1v) is 6.44. The second kappa shape index (κ2) is 4.07. The number of para-hydroxylation sites is 1. The molecule has 1 aliphatic heterocycles. The molecule has 0 fully saturated rings. The van der Waals surface area contributed by atoms with E-state index < -0.39 is 11.6 Å². The summed E-state index contributed by atoms with van der Waals surface area (Å²) < 4.78 is 5.99. The number of hydrogen-bond donors (Lipinski definition) is 1. The van der Waals surface area contributed by atoms with Crippen molar-refractivity contribution >= 4 is 5.97 Å². The summed E-state index contributed by atoms with van der Waals surface area (Å²) in [4.78, 5) is 15.8. The lowest BCUT2D eigenvalue weighted by atomic mass is 9.88. The van der Waals surface area contributed by atoms with Crippen LogP contribution in [0.25, 0.3) is 11.3 Å². The molecule has 0 radical (unpaired) electrons. The molecule has 4 nitrogen and oxygen atoms in total. The summed E-state index contributed by atoms with van der Waals surface area (Å²) in [7, 11) is 0. The third kappa shape index (κ3) is 1.76. The number of carbonyl (C=O) groups is 1. The molecule has 2 aromatic rings. The van der Waals surface area contributed by atoms with Crippen molar-refractivity contribution in [3.63, 3.8) is 0 Å². The first kappa shape index (κ1) is 12.7. The summed E-state index contributed by atoms with van der Waals surface area (Å²) in [6.07, 6.45) is 0. The van der Waals surface area contributed by atoms with Crippen molar-refractivity contribution in [1.82, 2.24) is 4.98 Å². The summed E-state index contributed by atoms with van der Waals surface area (Å²) in [5.74, 6) is -0.188. The molecule has 0 amide bonds. The van der Waals surface area contributed by atoms with Crippen molar-refractivity contribution in [1.29, 1.82) is 0 Å². The number of carboxylic acids is 1. The van der Waals surface area contributed by atoms with Gasteiger partial charge in [-0.1, -0.05) is 12.1 Å². The van der Waals surface area contributed by atoms with Gasteiger partial charge in [-0.05, 0) is 39.0 Å². The van der Waals surface area contributed by atoms with E-state index in [4.69, 9.17) is 4.74 Å². The van der Waals surface area contributed by atoms with Gasteiger partial charge < -0.3 is 9.84 Å². The number of hydrogen-bond acceptors (Lipinski definition) is 3. The highest BCUT2D eigenvalue weighted by Gasteiger charge is 2.34. The predicted octanol–water partition coefficient (Wildman–Crippen LogP) is 3.38. The van der Waals surface area contributed by atoms with E-state index in [1.807, 2.05) is 38.1 Å². The highest BCUT2D eigenvalue weighted by atomic mass is 16.5. The lowest BCUT2D eigenvalue weighted by Crippen LogP contribution is -2.30. The number of aryl methyl sites for hydroxylation is 1. The van der Waals surface area contributed by atoms with Gasteiger partial charge in [0.25, 0.3) is 0 Å². The molecule has 1 N–H and O–H groups in total. The molecule has 1 aromatic heterocycles. The maximum Gasteiger partial charge on any atom is 0.337 e. The predicted molar refractivity (Wildman–Crippen MR) is 75.0 cm³/mol. The Balaban J connectivity index is 2.34. The van der Waals surface area contributed by atoms with Gasteiger partial charge in [-0.3, -0.25) is 4.98 Å². The Kier molecular flexibility index (Phi) is 2.57. The zero-order valence-corrected chi connectivity index (χ0v) is 11.6. The molecule has 0 saturated carbocycles. The number of fused-ring (bicyclic) bond motifs is 3. The molecular formula is C16H15NO3. The SMILES string of the molecule is Cc1nc2c(cc1C(=O)O)C(C)(C)Oc1ccccc1-2. The van der Waals surface area contributed by atoms with Crippen LogP contribution in [-0.2, 0) is 5.60 Å². The molecule has 0 aliphatic carbocycles. The van der Waals surface area contributed by atoms with Crippen molar-refractivity contribution in [3.05, 3.63) is 47.2 Å². The zero-order valence-electron chi connectivity index (χ0n) is 11.6. The van der Waals surface area contributed by atoms with E-state index in [1.54, 1.807) is 13.0 Å². The normalized spacial score (nSPS) is 14.9. The number of ether oxygens (including phenoxy) is 1. The van der Waals surface area contributed by atoms with Crippen LogP contribution < -0.4 is 4.74 Å². The fraction of sp³-hybridized carbons (Fsp3) is 0.250. The molecule has 0 unspecified atom stereocenters. The lowest BCUT2D eigenvalue weighted by molar-refractivity contribution is 0.0694. The quantitative estimate of drug-likeness (QED) is 0.862. The third-order valence-electron chi connectivity index (χ3n) is 3.60. The minimum absolute atomic E-state index is 0.222. The second-order valence-corrected chi connectivity index (χ2v) is 5.43. The van der Waals surface area contributed by atoms with Gasteiger partial charge in [0.15, 0.2) is 0 Å². The molecule has 0 saturated heterocycles. The number of aromatic carboxylic acids is 1. The van der Waals surface area contributed by atoms with E-state index in [2.05, 4.69) is 4.98 Å². The lowest BCUT2D eigenvalue weighted by Gasteiger charge is -2.34. The molecular weight excluding hydrogens is 254 g/mol. The highest BCUT2D eigenvalue weighted by molar-refractivity contribution is 5.90. The monoisotopic (exact) mass is 269 g/mol. The molecule has 2 heterocycles. The van der Waals surface area contributed by atoms with Gasteiger partial charge in [0.05, 0.1) is 17.0 Å². The molecule has 102 valence electrons. The van der Waals surface area contributed by atoms with Crippen molar-refractivity contribution in [2.75, 3.05) is 0 Å². The van der Waals surface area contributed by atoms with E-state index in [1.165, 1.54) is 0 Å². The number of pyridine rings is 1. The van der Waals surface area contributed by atoms with Crippen molar-refractivity contribution in [2.24, 2.45) is 0 Å². The molecule has 20 heavy (non-hydrogen) atoms. The second-order valence-electron chi connectivity index (χ2n) is 5.43. The van der Waals surface area contributed by atoms with Gasteiger partial charge in [0.1, 0.15) is 11.4 Å². The standard InChI is InChI=1S/C16H15NO3/c1-9-11(15(18)19)8-12-14(17-9)10-6-4-5-7-13(10)20-16(12,2)3/h4-8H,1-3H3,(H,18,19). The van der Waals surface area contributed by atoms with Crippen molar-refractivity contribution in [3.8, 4) is 17.0 Å². The Morgan fingerprint density at radius 1 is 1.30 bits per heavy atom. The Hall–Kier alpha value is -2.36. The highest BCUT2D eigenvalue weighted by Crippen LogP contribution is 2.44. The number of aromatic nitrogens is 1. The molecule has 0 spiro atoms. The summed E-state index contributed by atoms with van der Waals surface area (Å²) in [5.41, 5.74) is 2.65. The third-order valence-corrected chi connectivity index (χ3v) is 3.60. The van der Waals surface area contributed by atoms with Gasteiger partial charge in [0.2, 0.25) is 0 Å². The smallest absolute Gasteiger partial charge is 0.337 e. The Labute approximate surface area is 117 Å². The largest absolute Gasteiger partial charge is 0.482 e. The fourth-order valence-electron chi connectivity index (χ4n) is 2.57. The summed E-state index contributed by atoms with van der Waals surface area (Å²) in [6.45, 7) is 5.56.